The highest BCUT2D eigenvalue weighted by molar-refractivity contribution is 5.79. The molecule has 41 heavy (non-hydrogen) atoms. The van der Waals surface area contributed by atoms with Crippen LogP contribution in [0.15, 0.2) is 61.1 Å². The molecule has 2 aliphatic rings. The van der Waals surface area contributed by atoms with Crippen molar-refractivity contribution in [2.75, 3.05) is 43.1 Å². The predicted octanol–water partition coefficient (Wildman–Crippen LogP) is 4.76. The fourth-order valence-electron chi connectivity index (χ4n) is 6.05. The summed E-state index contributed by atoms with van der Waals surface area (Å²) in [6.45, 7) is 4.45. The fourth-order valence-corrected chi connectivity index (χ4v) is 6.05. The minimum absolute atomic E-state index is 0.0410. The molecule has 6 rings (SSSR count). The summed E-state index contributed by atoms with van der Waals surface area (Å²) in [5, 5.41) is 0. The van der Waals surface area contributed by atoms with Crippen LogP contribution < -0.4 is 14.5 Å². The molecule has 0 N–H and O–H groups in total. The second-order valence-corrected chi connectivity index (χ2v) is 10.6. The first-order chi connectivity index (χ1) is 19.7. The molecule has 0 spiro atoms. The Bertz CT molecular complexity index is 1590. The molecule has 2 aromatic carbocycles. The summed E-state index contributed by atoms with van der Waals surface area (Å²) in [4.78, 5) is 28.0. The molecule has 0 radical (unpaired) electrons. The molecule has 8 nitrogen and oxygen atoms in total. The Morgan fingerprint density at radius 2 is 1.88 bits per heavy atom. The lowest BCUT2D eigenvalue weighted by atomic mass is 9.91. The Labute approximate surface area is 236 Å². The van der Waals surface area contributed by atoms with Gasteiger partial charge in [0.25, 0.3) is 0 Å². The van der Waals surface area contributed by atoms with Crippen molar-refractivity contribution in [1.29, 1.82) is 0 Å². The van der Waals surface area contributed by atoms with E-state index >= 15 is 0 Å². The SMILES string of the molecule is COc1cccc(N2CCc3c(C(F)(F)F)ccc(N4CCN(C(=O)Cn5cnc6cccnc65)C(C)C4)c3C2)c1. The van der Waals surface area contributed by atoms with E-state index in [4.69, 9.17) is 4.74 Å². The van der Waals surface area contributed by atoms with Crippen LogP contribution in [0.1, 0.15) is 23.6 Å². The Balaban J connectivity index is 1.24. The number of alkyl halides is 3. The smallest absolute Gasteiger partial charge is 0.416 e. The van der Waals surface area contributed by atoms with Crippen LogP contribution in [-0.4, -0.2) is 64.7 Å². The first kappa shape index (κ1) is 26.9. The standard InChI is InChI=1S/C30H31F3N6O2/c1-20-16-37(13-14-39(20)28(40)18-38-19-35-26-7-4-11-34-29(26)38)27-9-8-25(30(31,32)33)23-10-12-36(17-24(23)27)21-5-3-6-22(15-21)41-2/h3-9,11,15,19-20H,10,12-14,16-18H2,1-2H3. The number of anilines is 2. The maximum Gasteiger partial charge on any atom is 0.416 e. The lowest BCUT2D eigenvalue weighted by Crippen LogP contribution is -2.55. The summed E-state index contributed by atoms with van der Waals surface area (Å²) in [6.07, 6.45) is -0.840. The zero-order valence-electron chi connectivity index (χ0n) is 22.9. The minimum Gasteiger partial charge on any atom is -0.497 e. The molecule has 0 bridgehead atoms. The third-order valence-corrected chi connectivity index (χ3v) is 8.08. The number of rotatable bonds is 5. The highest BCUT2D eigenvalue weighted by Crippen LogP contribution is 2.41. The van der Waals surface area contributed by atoms with Gasteiger partial charge in [-0.05, 0) is 60.9 Å². The van der Waals surface area contributed by atoms with Crippen molar-refractivity contribution in [2.24, 2.45) is 0 Å². The van der Waals surface area contributed by atoms with Crippen LogP contribution in [0.5, 0.6) is 5.75 Å². The van der Waals surface area contributed by atoms with Crippen LogP contribution in [-0.2, 0) is 30.5 Å². The molecule has 1 saturated heterocycles. The van der Waals surface area contributed by atoms with E-state index in [2.05, 4.69) is 19.8 Å². The molecule has 1 fully saturated rings. The Morgan fingerprint density at radius 1 is 1.02 bits per heavy atom. The van der Waals surface area contributed by atoms with Gasteiger partial charge < -0.3 is 24.0 Å². The van der Waals surface area contributed by atoms with Crippen molar-refractivity contribution in [3.63, 3.8) is 0 Å². The number of amides is 1. The molecular weight excluding hydrogens is 533 g/mol. The number of fused-ring (bicyclic) bond motifs is 2. The molecular formula is C30H31F3N6O2. The van der Waals surface area contributed by atoms with Gasteiger partial charge in [0.2, 0.25) is 5.91 Å². The van der Waals surface area contributed by atoms with Crippen LogP contribution in [0.3, 0.4) is 0 Å². The summed E-state index contributed by atoms with van der Waals surface area (Å²) in [5.41, 5.74) is 3.58. The Hall–Kier alpha value is -4.28. The number of methoxy groups -OCH3 is 1. The Kier molecular flexibility index (Phi) is 6.96. The van der Waals surface area contributed by atoms with Gasteiger partial charge in [0.05, 0.1) is 19.0 Å². The van der Waals surface area contributed by atoms with Gasteiger partial charge in [0.1, 0.15) is 17.8 Å². The number of ether oxygens (including phenoxy) is 1. The number of nitrogens with zero attached hydrogens (tertiary/aromatic N) is 6. The Morgan fingerprint density at radius 3 is 2.66 bits per heavy atom. The van der Waals surface area contributed by atoms with Gasteiger partial charge in [-0.3, -0.25) is 4.79 Å². The van der Waals surface area contributed by atoms with E-state index in [9.17, 15) is 18.0 Å². The zero-order valence-corrected chi connectivity index (χ0v) is 22.9. The second-order valence-electron chi connectivity index (χ2n) is 10.6. The predicted molar refractivity (Wildman–Crippen MR) is 150 cm³/mol. The van der Waals surface area contributed by atoms with Crippen LogP contribution in [0.4, 0.5) is 24.5 Å². The van der Waals surface area contributed by atoms with E-state index in [0.717, 1.165) is 16.9 Å². The molecule has 1 amide bonds. The van der Waals surface area contributed by atoms with Crippen LogP contribution in [0.25, 0.3) is 11.2 Å². The summed E-state index contributed by atoms with van der Waals surface area (Å²) >= 11 is 0. The van der Waals surface area contributed by atoms with Gasteiger partial charge in [-0.25, -0.2) is 9.97 Å². The molecule has 0 aliphatic carbocycles. The van der Waals surface area contributed by atoms with Crippen molar-refractivity contribution < 1.29 is 22.7 Å². The van der Waals surface area contributed by atoms with Gasteiger partial charge in [-0.15, -0.1) is 0 Å². The summed E-state index contributed by atoms with van der Waals surface area (Å²) in [6, 6.07) is 13.9. The van der Waals surface area contributed by atoms with Gasteiger partial charge in [-0.2, -0.15) is 13.2 Å². The van der Waals surface area contributed by atoms with Crippen molar-refractivity contribution in [1.82, 2.24) is 19.4 Å². The third kappa shape index (κ3) is 5.16. The van der Waals surface area contributed by atoms with E-state index in [1.54, 1.807) is 36.3 Å². The van der Waals surface area contributed by atoms with Crippen molar-refractivity contribution in [3.05, 3.63) is 77.7 Å². The topological polar surface area (TPSA) is 66.7 Å². The maximum absolute atomic E-state index is 14.0. The lowest BCUT2D eigenvalue weighted by molar-refractivity contribution is -0.138. The van der Waals surface area contributed by atoms with Gasteiger partial charge in [0.15, 0.2) is 5.65 Å². The number of carbonyl (C=O) groups is 1. The van der Waals surface area contributed by atoms with E-state index in [0.29, 0.717) is 55.2 Å². The number of hydrogen-bond donors (Lipinski definition) is 0. The van der Waals surface area contributed by atoms with Gasteiger partial charge >= 0.3 is 6.18 Å². The number of hydrogen-bond acceptors (Lipinski definition) is 6. The van der Waals surface area contributed by atoms with Crippen LogP contribution >= 0.6 is 0 Å². The maximum atomic E-state index is 14.0. The number of piperazine rings is 1. The number of aromatic nitrogens is 3. The zero-order chi connectivity index (χ0) is 28.7. The van der Waals surface area contributed by atoms with Gasteiger partial charge in [-0.1, -0.05) is 6.07 Å². The normalized spacial score (nSPS) is 17.6. The molecule has 4 aromatic rings. The molecule has 4 heterocycles. The molecule has 2 aromatic heterocycles. The van der Waals surface area contributed by atoms with Gasteiger partial charge in [0, 0.05) is 62.4 Å². The number of imidazole rings is 1. The monoisotopic (exact) mass is 564 g/mol. The van der Waals surface area contributed by atoms with Crippen molar-refractivity contribution in [3.8, 4) is 5.75 Å². The van der Waals surface area contributed by atoms with Crippen molar-refractivity contribution in [2.45, 2.75) is 38.7 Å². The quantitative estimate of drug-likeness (QED) is 0.348. The molecule has 2 aliphatic heterocycles. The van der Waals surface area contributed by atoms with E-state index in [1.165, 1.54) is 6.07 Å². The number of benzene rings is 2. The number of carbonyl (C=O) groups excluding carboxylic acids is 1. The molecule has 1 unspecified atom stereocenters. The largest absolute Gasteiger partial charge is 0.497 e. The third-order valence-electron chi connectivity index (χ3n) is 8.08. The second kappa shape index (κ2) is 10.6. The minimum atomic E-state index is -4.43. The average molecular weight is 565 g/mol. The molecule has 0 saturated carbocycles. The fraction of sp³-hybridized carbons (Fsp3) is 0.367. The highest BCUT2D eigenvalue weighted by atomic mass is 19.4. The molecule has 1 atom stereocenters. The number of halogens is 3. The summed E-state index contributed by atoms with van der Waals surface area (Å²) < 4.78 is 49.2. The first-order valence-electron chi connectivity index (χ1n) is 13.6. The lowest BCUT2D eigenvalue weighted by Gasteiger charge is -2.43. The van der Waals surface area contributed by atoms with Crippen molar-refractivity contribution >= 4 is 28.4 Å². The van der Waals surface area contributed by atoms with E-state index in [1.807, 2.05) is 42.2 Å². The molecule has 214 valence electrons. The van der Waals surface area contributed by atoms with Crippen LogP contribution in [0.2, 0.25) is 0 Å². The van der Waals surface area contributed by atoms with Crippen LogP contribution in [0, 0.1) is 0 Å². The summed E-state index contributed by atoms with van der Waals surface area (Å²) in [5.74, 6) is 0.660. The number of pyridine rings is 1. The van der Waals surface area contributed by atoms with E-state index < -0.39 is 11.7 Å². The highest BCUT2D eigenvalue weighted by Gasteiger charge is 2.38. The average Bonchev–Trinajstić information content (AvgIpc) is 3.38. The molecule has 11 heteroatoms. The summed E-state index contributed by atoms with van der Waals surface area (Å²) in [7, 11) is 1.60. The first-order valence-corrected chi connectivity index (χ1v) is 13.6. The van der Waals surface area contributed by atoms with E-state index in [-0.39, 0.29) is 24.9 Å².